The van der Waals surface area contributed by atoms with E-state index < -0.39 is 11.9 Å². The Morgan fingerprint density at radius 1 is 1.26 bits per heavy atom. The zero-order chi connectivity index (χ0) is 13.0. The second-order valence-corrected chi connectivity index (χ2v) is 3.92. The van der Waals surface area contributed by atoms with Gasteiger partial charge in [0.15, 0.2) is 4.67 Å². The van der Waals surface area contributed by atoms with E-state index in [0.29, 0.717) is 10.7 Å². The molecule has 0 saturated carbocycles. The summed E-state index contributed by atoms with van der Waals surface area (Å²) in [5, 5.41) is 21.2. The predicted octanol–water partition coefficient (Wildman–Crippen LogP) is -6.12. The Bertz CT molecular complexity index is 519. The molecule has 19 heavy (non-hydrogen) atoms. The third kappa shape index (κ3) is 7.51. The van der Waals surface area contributed by atoms with Crippen molar-refractivity contribution in [2.75, 3.05) is 0 Å². The molecule has 5 nitrogen and oxygen atoms in total. The fraction of sp³-hybridized carbons (Fsp3) is 0.0909. The van der Waals surface area contributed by atoms with Crippen LogP contribution in [0.3, 0.4) is 0 Å². The summed E-state index contributed by atoms with van der Waals surface area (Å²) in [6.07, 6.45) is 1.86. The average molecular weight is 345 g/mol. The van der Waals surface area contributed by atoms with Crippen molar-refractivity contribution in [1.82, 2.24) is 0 Å². The fourth-order valence-corrected chi connectivity index (χ4v) is 1.46. The molecule has 0 aliphatic carbocycles. The molecular formula is C11H7BrNa2O5. The van der Waals surface area contributed by atoms with E-state index in [9.17, 15) is 19.8 Å². The van der Waals surface area contributed by atoms with E-state index >= 15 is 0 Å². The van der Waals surface area contributed by atoms with E-state index in [2.05, 4.69) is 15.9 Å². The first-order valence-electron chi connectivity index (χ1n) is 4.48. The summed E-state index contributed by atoms with van der Waals surface area (Å²) in [6.45, 7) is 1.33. The Kier molecular flexibility index (Phi) is 11.3. The molecule has 8 heteroatoms. The molecular weight excluding hydrogens is 338 g/mol. The van der Waals surface area contributed by atoms with Gasteiger partial charge in [-0.1, -0.05) is 0 Å². The number of furan rings is 1. The summed E-state index contributed by atoms with van der Waals surface area (Å²) in [4.78, 5) is 21.2. The summed E-state index contributed by atoms with van der Waals surface area (Å²) in [5.74, 6) is -2.70. The minimum atomic E-state index is -1.49. The number of rotatable bonds is 4. The first kappa shape index (κ1) is 21.5. The quantitative estimate of drug-likeness (QED) is 0.308. The summed E-state index contributed by atoms with van der Waals surface area (Å²) in [7, 11) is 0. The maximum absolute atomic E-state index is 10.8. The third-order valence-corrected chi connectivity index (χ3v) is 2.29. The molecule has 0 unspecified atom stereocenters. The Labute approximate surface area is 162 Å². The molecule has 1 aromatic rings. The summed E-state index contributed by atoms with van der Waals surface area (Å²) in [5.41, 5.74) is -0.270. The minimum Gasteiger partial charge on any atom is -0.545 e. The van der Waals surface area contributed by atoms with Crippen LogP contribution in [-0.4, -0.2) is 11.9 Å². The Balaban J connectivity index is 0. The molecule has 0 aliphatic heterocycles. The van der Waals surface area contributed by atoms with Crippen LogP contribution in [0.1, 0.15) is 12.7 Å². The van der Waals surface area contributed by atoms with Gasteiger partial charge in [-0.3, -0.25) is 0 Å². The van der Waals surface area contributed by atoms with Crippen LogP contribution in [0.15, 0.2) is 38.4 Å². The number of hydrogen-bond donors (Lipinski definition) is 0. The van der Waals surface area contributed by atoms with Gasteiger partial charge in [0.25, 0.3) is 0 Å². The van der Waals surface area contributed by atoms with Crippen LogP contribution in [0.5, 0.6) is 0 Å². The van der Waals surface area contributed by atoms with Gasteiger partial charge in [0.2, 0.25) is 0 Å². The Morgan fingerprint density at radius 2 is 1.84 bits per heavy atom. The minimum absolute atomic E-state index is 0. The van der Waals surface area contributed by atoms with Gasteiger partial charge >= 0.3 is 59.1 Å². The van der Waals surface area contributed by atoms with Crippen molar-refractivity contribution >= 4 is 33.9 Å². The largest absolute Gasteiger partial charge is 1.00 e. The van der Waals surface area contributed by atoms with Crippen molar-refractivity contribution in [3.05, 3.63) is 39.8 Å². The van der Waals surface area contributed by atoms with Crippen molar-refractivity contribution in [1.29, 1.82) is 0 Å². The van der Waals surface area contributed by atoms with Crippen molar-refractivity contribution in [2.24, 2.45) is 0 Å². The van der Waals surface area contributed by atoms with Crippen LogP contribution in [0, 0.1) is 0 Å². The molecule has 1 aromatic heterocycles. The van der Waals surface area contributed by atoms with Gasteiger partial charge in [0.05, 0.1) is 11.9 Å². The van der Waals surface area contributed by atoms with Gasteiger partial charge in [0.1, 0.15) is 5.76 Å². The number of carbonyl (C=O) groups is 2. The standard InChI is InChI=1S/C11H9BrO5.2Na/c1-6(4-10(13)14)8(11(15)16)5-7-2-3-9(12)17-7;;/h2-5H,1H3,(H,13,14)(H,15,16);;/q;2*+1/p-2/b6-4+,8-5-;;. The zero-order valence-corrected chi connectivity index (χ0v) is 16.3. The van der Waals surface area contributed by atoms with Crippen molar-refractivity contribution < 1.29 is 83.3 Å². The van der Waals surface area contributed by atoms with Crippen LogP contribution in [0.2, 0.25) is 0 Å². The second-order valence-electron chi connectivity index (χ2n) is 3.13. The smallest absolute Gasteiger partial charge is 0.545 e. The maximum Gasteiger partial charge on any atom is 1.00 e. The number of aliphatic carboxylic acids is 2. The summed E-state index contributed by atoms with van der Waals surface area (Å²) in [6, 6.07) is 3.11. The Morgan fingerprint density at radius 3 is 2.21 bits per heavy atom. The molecule has 0 bridgehead atoms. The molecule has 0 aromatic carbocycles. The number of halogens is 1. The first-order chi connectivity index (χ1) is 7.90. The van der Waals surface area contributed by atoms with E-state index in [1.54, 1.807) is 6.07 Å². The molecule has 1 heterocycles. The second kappa shape index (κ2) is 9.99. The predicted molar refractivity (Wildman–Crippen MR) is 58.2 cm³/mol. The SMILES string of the molecule is CC(=C\C(=O)[O-])/C(=C/c1ccc(Br)o1)C(=O)[O-].[Na+].[Na+]. The van der Waals surface area contributed by atoms with Crippen molar-refractivity contribution in [3.8, 4) is 0 Å². The first-order valence-corrected chi connectivity index (χ1v) is 5.27. The number of carbonyl (C=O) groups excluding carboxylic acids is 2. The zero-order valence-electron chi connectivity index (χ0n) is 10.7. The molecule has 0 atom stereocenters. The van der Waals surface area contributed by atoms with E-state index in [4.69, 9.17) is 4.42 Å². The number of carboxylic acid groups (broad SMARTS) is 2. The van der Waals surface area contributed by atoms with E-state index in [-0.39, 0.29) is 76.0 Å². The molecule has 0 N–H and O–H groups in total. The third-order valence-electron chi connectivity index (χ3n) is 1.86. The average Bonchev–Trinajstić information content (AvgIpc) is 2.58. The molecule has 0 fully saturated rings. The van der Waals surface area contributed by atoms with Gasteiger partial charge in [-0.2, -0.15) is 0 Å². The molecule has 0 saturated heterocycles. The van der Waals surface area contributed by atoms with Crippen LogP contribution in [-0.2, 0) is 9.59 Å². The molecule has 0 spiro atoms. The van der Waals surface area contributed by atoms with Gasteiger partial charge in [-0.15, -0.1) is 0 Å². The van der Waals surface area contributed by atoms with Gasteiger partial charge < -0.3 is 24.2 Å². The van der Waals surface area contributed by atoms with Crippen molar-refractivity contribution in [3.63, 3.8) is 0 Å². The Hall–Kier alpha value is 0.180. The molecule has 1 rings (SSSR count). The normalized spacial score (nSPS) is 11.3. The van der Waals surface area contributed by atoms with Gasteiger partial charge in [-0.05, 0) is 52.7 Å². The molecule has 0 radical (unpaired) electrons. The van der Waals surface area contributed by atoms with Gasteiger partial charge in [-0.25, -0.2) is 0 Å². The van der Waals surface area contributed by atoms with E-state index in [1.807, 2.05) is 0 Å². The molecule has 90 valence electrons. The molecule has 0 amide bonds. The van der Waals surface area contributed by atoms with E-state index in [0.717, 1.165) is 0 Å². The van der Waals surface area contributed by atoms with Crippen molar-refractivity contribution in [2.45, 2.75) is 6.92 Å². The van der Waals surface area contributed by atoms with Crippen LogP contribution >= 0.6 is 15.9 Å². The van der Waals surface area contributed by atoms with Gasteiger partial charge in [0, 0.05) is 5.57 Å². The van der Waals surface area contributed by atoms with Crippen LogP contribution in [0.4, 0.5) is 0 Å². The summed E-state index contributed by atoms with van der Waals surface area (Å²) < 4.78 is 5.51. The van der Waals surface area contributed by atoms with Crippen LogP contribution < -0.4 is 69.3 Å². The fourth-order valence-electron chi connectivity index (χ4n) is 1.14. The maximum atomic E-state index is 10.8. The van der Waals surface area contributed by atoms with Crippen LogP contribution in [0.25, 0.3) is 6.08 Å². The number of hydrogen-bond acceptors (Lipinski definition) is 5. The summed E-state index contributed by atoms with van der Waals surface area (Å²) >= 11 is 3.06. The van der Waals surface area contributed by atoms with E-state index in [1.165, 1.54) is 19.1 Å². The topological polar surface area (TPSA) is 93.4 Å². The monoisotopic (exact) mass is 344 g/mol. The molecule has 0 aliphatic rings. The number of carboxylic acids is 2.